The maximum absolute atomic E-state index is 13.0. The quantitative estimate of drug-likeness (QED) is 0.0765. The summed E-state index contributed by atoms with van der Waals surface area (Å²) in [5, 5.41) is 83.5. The van der Waals surface area contributed by atoms with Gasteiger partial charge >= 0.3 is 11.9 Å². The van der Waals surface area contributed by atoms with Crippen molar-refractivity contribution < 1.29 is 93.1 Å². The van der Waals surface area contributed by atoms with E-state index in [0.29, 0.717) is 5.56 Å². The molecule has 2 aliphatic rings. The highest BCUT2D eigenvalue weighted by atomic mass is 16.8. The lowest BCUT2D eigenvalue weighted by Crippen LogP contribution is -2.63. The van der Waals surface area contributed by atoms with Crippen LogP contribution in [-0.4, -0.2) is 156 Å². The third-order valence-corrected chi connectivity index (χ3v) is 8.35. The van der Waals surface area contributed by atoms with Crippen LogP contribution >= 0.6 is 0 Å². The fraction of sp³-hybridized carbons (Fsp3) is 0.471. The van der Waals surface area contributed by atoms with Crippen molar-refractivity contribution in [3.05, 3.63) is 47.5 Å². The number of aliphatic hydroxyl groups excluding tert-OH is 6. The van der Waals surface area contributed by atoms with E-state index in [-0.39, 0.29) is 40.1 Å². The number of hydrogen-bond donors (Lipinski definition) is 8. The van der Waals surface area contributed by atoms with Crippen molar-refractivity contribution in [3.63, 3.8) is 0 Å². The van der Waals surface area contributed by atoms with Crippen molar-refractivity contribution in [1.82, 2.24) is 0 Å². The Bertz CT molecular complexity index is 1620. The Morgan fingerprint density at radius 3 is 2.00 bits per heavy atom. The van der Waals surface area contributed by atoms with Crippen LogP contribution in [0.3, 0.4) is 0 Å². The molecule has 2 heterocycles. The van der Waals surface area contributed by atoms with E-state index in [4.69, 9.17) is 42.6 Å². The fourth-order valence-electron chi connectivity index (χ4n) is 5.55. The van der Waals surface area contributed by atoms with E-state index in [1.54, 1.807) is 0 Å². The number of hydrogen-bond acceptors (Lipinski definition) is 19. The summed E-state index contributed by atoms with van der Waals surface area (Å²) in [6.45, 7) is -2.70. The maximum Gasteiger partial charge on any atom is 0.331 e. The van der Waals surface area contributed by atoms with Crippen molar-refractivity contribution in [2.24, 2.45) is 0 Å². The molecule has 53 heavy (non-hydrogen) atoms. The Morgan fingerprint density at radius 2 is 1.42 bits per heavy atom. The second kappa shape index (κ2) is 17.9. The number of methoxy groups -OCH3 is 4. The lowest BCUT2D eigenvalue weighted by Gasteiger charge is -2.43. The minimum atomic E-state index is -2.52. The van der Waals surface area contributed by atoms with Gasteiger partial charge < -0.3 is 83.5 Å². The van der Waals surface area contributed by atoms with Crippen LogP contribution in [0.2, 0.25) is 0 Å². The average molecular weight is 755 g/mol. The molecule has 2 aliphatic heterocycles. The van der Waals surface area contributed by atoms with Gasteiger partial charge in [-0.1, -0.05) is 0 Å². The first-order chi connectivity index (χ1) is 25.3. The number of benzene rings is 2. The van der Waals surface area contributed by atoms with E-state index in [1.807, 2.05) is 0 Å². The predicted octanol–water partition coefficient (Wildman–Crippen LogP) is -1.42. The minimum absolute atomic E-state index is 0.0369. The highest BCUT2D eigenvalue weighted by Gasteiger charge is 2.60. The number of carbonyl (C=O) groups excluding carboxylic acids is 2. The standard InChI is InChI=1S/C34H42O19/c1-45-18-8-6-17(31(48-4)27(18)41)7-10-24(38)51-32-28(42)21(13-35)52-34(32,15-36)53-33-30(44)29(43)26(40)22(50-33)14-49-23(37)9-5-16-11-19(46-2)25(39)20(12-16)47-3/h5-12,21-22,26,28-30,32-33,35-36,39-44H,13-15H2,1-4H3/b9-5+,10-7+/t21-,22-,26-,28-,29+,30-,32+,33-,34+/m1/s1. The van der Waals surface area contributed by atoms with Gasteiger partial charge in [0.15, 0.2) is 35.4 Å². The van der Waals surface area contributed by atoms with E-state index in [9.17, 15) is 50.4 Å². The van der Waals surface area contributed by atoms with Gasteiger partial charge in [-0.3, -0.25) is 0 Å². The van der Waals surface area contributed by atoms with E-state index >= 15 is 0 Å². The molecule has 0 radical (unpaired) electrons. The molecule has 2 saturated heterocycles. The molecular formula is C34H42O19. The van der Waals surface area contributed by atoms with Gasteiger partial charge in [0.05, 0.1) is 35.0 Å². The van der Waals surface area contributed by atoms with E-state index in [0.717, 1.165) is 12.2 Å². The molecule has 0 amide bonds. The first-order valence-electron chi connectivity index (χ1n) is 15.8. The zero-order valence-electron chi connectivity index (χ0n) is 28.9. The third-order valence-electron chi connectivity index (χ3n) is 8.35. The van der Waals surface area contributed by atoms with Crippen LogP contribution in [0.25, 0.3) is 12.2 Å². The van der Waals surface area contributed by atoms with Crippen LogP contribution in [0.15, 0.2) is 36.4 Å². The Balaban J connectivity index is 1.48. The molecule has 9 atom stereocenters. The number of aromatic hydroxyl groups is 2. The Morgan fingerprint density at radius 1 is 0.774 bits per heavy atom. The first kappa shape index (κ1) is 41.1. The molecule has 0 bridgehead atoms. The predicted molar refractivity (Wildman–Crippen MR) is 177 cm³/mol. The van der Waals surface area contributed by atoms with Crippen LogP contribution in [0, 0.1) is 0 Å². The van der Waals surface area contributed by atoms with E-state index in [1.165, 1.54) is 64.9 Å². The molecule has 292 valence electrons. The van der Waals surface area contributed by atoms with Crippen molar-refractivity contribution in [1.29, 1.82) is 0 Å². The molecule has 0 saturated carbocycles. The molecular weight excluding hydrogens is 712 g/mol. The first-order valence-corrected chi connectivity index (χ1v) is 15.8. The monoisotopic (exact) mass is 754 g/mol. The topological polar surface area (TPSA) is 279 Å². The van der Waals surface area contributed by atoms with Gasteiger partial charge in [-0.2, -0.15) is 0 Å². The highest BCUT2D eigenvalue weighted by Crippen LogP contribution is 2.41. The van der Waals surface area contributed by atoms with Crippen molar-refractivity contribution in [3.8, 4) is 34.5 Å². The number of esters is 2. The molecule has 0 spiro atoms. The molecule has 8 N–H and O–H groups in total. The van der Waals surface area contributed by atoms with Crippen LogP contribution in [0.1, 0.15) is 11.1 Å². The summed E-state index contributed by atoms with van der Waals surface area (Å²) in [5.74, 6) is -4.97. The van der Waals surface area contributed by atoms with Gasteiger partial charge in [0.25, 0.3) is 0 Å². The normalized spacial score (nSPS) is 28.6. The SMILES string of the molecule is COc1cc(/C=C/C(=O)OC[C@H]2O[C@H](O[C@]3(CO)O[C@H](CO)[C@@H](O)[C@@H]3OC(=O)/C=C/c3ccc(OC)c(O)c3OC)[C@H](O)[C@@H](O)[C@@H]2O)cc(OC)c1O. The largest absolute Gasteiger partial charge is 0.502 e. The van der Waals surface area contributed by atoms with E-state index < -0.39 is 86.6 Å². The molecule has 0 unspecified atom stereocenters. The number of phenolic OH excluding ortho intramolecular Hbond substituents is 2. The summed E-state index contributed by atoms with van der Waals surface area (Å²) in [6, 6.07) is 5.71. The van der Waals surface area contributed by atoms with Crippen LogP contribution < -0.4 is 18.9 Å². The van der Waals surface area contributed by atoms with Gasteiger partial charge in [-0.25, -0.2) is 9.59 Å². The smallest absolute Gasteiger partial charge is 0.331 e. The molecule has 19 heteroatoms. The van der Waals surface area contributed by atoms with E-state index in [2.05, 4.69) is 0 Å². The molecule has 0 aliphatic carbocycles. The van der Waals surface area contributed by atoms with Gasteiger partial charge in [-0.05, 0) is 42.0 Å². The van der Waals surface area contributed by atoms with Gasteiger partial charge in [0.1, 0.15) is 49.8 Å². The Kier molecular flexibility index (Phi) is 13.9. The second-order valence-corrected chi connectivity index (χ2v) is 11.6. The number of rotatable bonds is 15. The highest BCUT2D eigenvalue weighted by molar-refractivity contribution is 5.88. The Hall–Kier alpha value is -4.70. The van der Waals surface area contributed by atoms with Crippen molar-refractivity contribution in [2.75, 3.05) is 48.3 Å². The fourth-order valence-corrected chi connectivity index (χ4v) is 5.55. The average Bonchev–Trinajstić information content (AvgIpc) is 3.42. The number of aliphatic hydroxyl groups is 6. The summed E-state index contributed by atoms with van der Waals surface area (Å²) in [6.07, 6.45) is -10.1. The molecule has 2 aromatic carbocycles. The second-order valence-electron chi connectivity index (χ2n) is 11.6. The summed E-state index contributed by atoms with van der Waals surface area (Å²) >= 11 is 0. The number of phenols is 2. The van der Waals surface area contributed by atoms with Crippen molar-refractivity contribution in [2.45, 2.75) is 54.8 Å². The van der Waals surface area contributed by atoms with Crippen LogP contribution in [-0.2, 0) is 33.3 Å². The number of ether oxygens (including phenoxy) is 9. The zero-order valence-corrected chi connectivity index (χ0v) is 28.9. The lowest BCUT2D eigenvalue weighted by atomic mass is 9.98. The van der Waals surface area contributed by atoms with Crippen LogP contribution in [0.4, 0.5) is 0 Å². The van der Waals surface area contributed by atoms with Gasteiger partial charge in [0, 0.05) is 17.7 Å². The summed E-state index contributed by atoms with van der Waals surface area (Å²) in [7, 11) is 5.25. The Labute approximate surface area is 302 Å². The zero-order chi connectivity index (χ0) is 39.0. The summed E-state index contributed by atoms with van der Waals surface area (Å²) in [4.78, 5) is 25.5. The third kappa shape index (κ3) is 8.92. The summed E-state index contributed by atoms with van der Waals surface area (Å²) < 4.78 is 47.8. The molecule has 2 fully saturated rings. The maximum atomic E-state index is 13.0. The van der Waals surface area contributed by atoms with Crippen LogP contribution in [0.5, 0.6) is 34.5 Å². The van der Waals surface area contributed by atoms with Crippen molar-refractivity contribution >= 4 is 24.1 Å². The molecule has 19 nitrogen and oxygen atoms in total. The van der Waals surface area contributed by atoms with Gasteiger partial charge in [0.2, 0.25) is 17.3 Å². The molecule has 0 aromatic heterocycles. The number of carbonyl (C=O) groups is 2. The lowest BCUT2D eigenvalue weighted by molar-refractivity contribution is -0.383. The summed E-state index contributed by atoms with van der Waals surface area (Å²) in [5.41, 5.74) is 0.604. The molecule has 4 rings (SSSR count). The minimum Gasteiger partial charge on any atom is -0.502 e. The van der Waals surface area contributed by atoms with Gasteiger partial charge in [-0.15, -0.1) is 0 Å². The molecule has 2 aromatic rings.